The summed E-state index contributed by atoms with van der Waals surface area (Å²) in [5.74, 6) is 0.921. The van der Waals surface area contributed by atoms with Crippen LogP contribution >= 0.6 is 0 Å². The fourth-order valence-electron chi connectivity index (χ4n) is 2.78. The van der Waals surface area contributed by atoms with Crippen LogP contribution in [-0.2, 0) is 4.79 Å². The highest BCUT2D eigenvalue weighted by Gasteiger charge is 2.15. The molecule has 8 nitrogen and oxygen atoms in total. The van der Waals surface area contributed by atoms with Crippen LogP contribution in [0.1, 0.15) is 29.1 Å². The van der Waals surface area contributed by atoms with Crippen LogP contribution in [0.25, 0.3) is 11.0 Å². The summed E-state index contributed by atoms with van der Waals surface area (Å²) in [5.41, 5.74) is 2.11. The van der Waals surface area contributed by atoms with Crippen molar-refractivity contribution in [1.29, 1.82) is 0 Å². The summed E-state index contributed by atoms with van der Waals surface area (Å²) in [6, 6.07) is 12.1. The summed E-state index contributed by atoms with van der Waals surface area (Å²) in [7, 11) is 3.01. The van der Waals surface area contributed by atoms with Gasteiger partial charge in [0.2, 0.25) is 5.91 Å². The molecule has 8 heteroatoms. The third-order valence-corrected chi connectivity index (χ3v) is 4.25. The van der Waals surface area contributed by atoms with Gasteiger partial charge < -0.3 is 25.1 Å². The van der Waals surface area contributed by atoms with Gasteiger partial charge in [-0.15, -0.1) is 0 Å². The molecule has 28 heavy (non-hydrogen) atoms. The quantitative estimate of drug-likeness (QED) is 0.581. The van der Waals surface area contributed by atoms with Crippen LogP contribution in [0.2, 0.25) is 0 Å². The van der Waals surface area contributed by atoms with E-state index in [4.69, 9.17) is 9.47 Å². The molecule has 3 N–H and O–H groups in total. The van der Waals surface area contributed by atoms with Crippen molar-refractivity contribution >= 4 is 22.8 Å². The number of hydrogen-bond acceptors (Lipinski definition) is 5. The van der Waals surface area contributed by atoms with Crippen molar-refractivity contribution in [3.05, 3.63) is 53.9 Å². The number of H-pyrrole nitrogens is 1. The fourth-order valence-corrected chi connectivity index (χ4v) is 2.78. The fraction of sp³-hybridized carbons (Fsp3) is 0.250. The molecule has 0 bridgehead atoms. The monoisotopic (exact) mass is 382 g/mol. The molecule has 0 radical (unpaired) electrons. The third-order valence-electron chi connectivity index (χ3n) is 4.25. The van der Waals surface area contributed by atoms with Gasteiger partial charge in [-0.25, -0.2) is 4.98 Å². The Bertz CT molecular complexity index is 966. The first-order valence-electron chi connectivity index (χ1n) is 8.76. The highest BCUT2D eigenvalue weighted by Crippen LogP contribution is 2.27. The lowest BCUT2D eigenvalue weighted by Crippen LogP contribution is -2.38. The number of methoxy groups -OCH3 is 2. The Kier molecular flexibility index (Phi) is 5.78. The summed E-state index contributed by atoms with van der Waals surface area (Å²) in [6.45, 7) is 1.67. The number of amides is 2. The average molecular weight is 382 g/mol. The maximum Gasteiger partial charge on any atom is 0.251 e. The highest BCUT2D eigenvalue weighted by atomic mass is 16.5. The highest BCUT2D eigenvalue weighted by molar-refractivity contribution is 5.97. The first kappa shape index (κ1) is 19.2. The van der Waals surface area contributed by atoms with E-state index < -0.39 is 0 Å². The second kappa shape index (κ2) is 8.43. The topological polar surface area (TPSA) is 105 Å². The molecule has 0 unspecified atom stereocenters. The molecule has 0 aliphatic carbocycles. The van der Waals surface area contributed by atoms with Gasteiger partial charge in [-0.3, -0.25) is 9.59 Å². The molecule has 0 spiro atoms. The molecule has 2 amide bonds. The van der Waals surface area contributed by atoms with Gasteiger partial charge in [0.15, 0.2) is 11.5 Å². The van der Waals surface area contributed by atoms with Crippen LogP contribution in [0.3, 0.4) is 0 Å². The number of benzene rings is 2. The number of carbonyl (C=O) groups excluding carboxylic acids is 2. The Labute approximate surface area is 162 Å². The van der Waals surface area contributed by atoms with E-state index in [0.29, 0.717) is 22.9 Å². The van der Waals surface area contributed by atoms with Gasteiger partial charge in [-0.1, -0.05) is 12.1 Å². The lowest BCUT2D eigenvalue weighted by atomic mass is 10.2. The predicted octanol–water partition coefficient (Wildman–Crippen LogP) is 2.19. The van der Waals surface area contributed by atoms with Crippen molar-refractivity contribution in [2.24, 2.45) is 0 Å². The first-order chi connectivity index (χ1) is 13.5. The number of hydrogen-bond donors (Lipinski definition) is 3. The standard InChI is InChI=1S/C20H22N4O4/c1-12(19-23-14-6-4-5-7-15(14)24-19)22-18(25)11-21-20(26)13-8-9-16(27-2)17(10-13)28-3/h4-10,12H,11H2,1-3H3,(H,21,26)(H,22,25)(H,23,24)/t12-/m1/s1. The lowest BCUT2D eigenvalue weighted by Gasteiger charge is -2.13. The number of carbonyl (C=O) groups is 2. The molecule has 0 aliphatic rings. The second-order valence-electron chi connectivity index (χ2n) is 6.18. The molecule has 3 aromatic rings. The molecule has 0 aliphatic heterocycles. The van der Waals surface area contributed by atoms with E-state index in [1.165, 1.54) is 14.2 Å². The van der Waals surface area contributed by atoms with E-state index in [1.54, 1.807) is 18.2 Å². The minimum absolute atomic E-state index is 0.155. The molecule has 1 aromatic heterocycles. The van der Waals surface area contributed by atoms with Crippen molar-refractivity contribution in [3.63, 3.8) is 0 Å². The second-order valence-corrected chi connectivity index (χ2v) is 6.18. The molecule has 0 saturated carbocycles. The number of rotatable bonds is 7. The Balaban J connectivity index is 1.56. The van der Waals surface area contributed by atoms with Gasteiger partial charge in [0.1, 0.15) is 5.82 Å². The van der Waals surface area contributed by atoms with E-state index in [2.05, 4.69) is 20.6 Å². The van der Waals surface area contributed by atoms with E-state index in [-0.39, 0.29) is 24.4 Å². The van der Waals surface area contributed by atoms with Gasteiger partial charge in [0, 0.05) is 5.56 Å². The Hall–Kier alpha value is -3.55. The molecule has 3 rings (SSSR count). The SMILES string of the molecule is COc1ccc(C(=O)NCC(=O)N[C@H](C)c2nc3ccccc3[nH]2)cc1OC. The van der Waals surface area contributed by atoms with E-state index >= 15 is 0 Å². The molecule has 0 fully saturated rings. The third kappa shape index (κ3) is 4.22. The maximum atomic E-state index is 12.3. The zero-order valence-corrected chi connectivity index (χ0v) is 15.9. The Morgan fingerprint density at radius 3 is 2.57 bits per heavy atom. The number of ether oxygens (including phenoxy) is 2. The minimum atomic E-state index is -0.382. The summed E-state index contributed by atoms with van der Waals surface area (Å²) in [4.78, 5) is 32.1. The first-order valence-corrected chi connectivity index (χ1v) is 8.76. The summed E-state index contributed by atoms with van der Waals surface area (Å²) in [6.07, 6.45) is 0. The average Bonchev–Trinajstić information content (AvgIpc) is 3.16. The number of nitrogens with zero attached hydrogens (tertiary/aromatic N) is 1. The van der Waals surface area contributed by atoms with Gasteiger partial charge in [-0.05, 0) is 37.3 Å². The van der Waals surface area contributed by atoms with Crippen molar-refractivity contribution in [1.82, 2.24) is 20.6 Å². The lowest BCUT2D eigenvalue weighted by molar-refractivity contribution is -0.120. The van der Waals surface area contributed by atoms with E-state index in [1.807, 2.05) is 31.2 Å². The smallest absolute Gasteiger partial charge is 0.251 e. The normalized spacial score (nSPS) is 11.7. The largest absolute Gasteiger partial charge is 0.493 e. The minimum Gasteiger partial charge on any atom is -0.493 e. The van der Waals surface area contributed by atoms with Crippen molar-refractivity contribution in [2.75, 3.05) is 20.8 Å². The molecular weight excluding hydrogens is 360 g/mol. The predicted molar refractivity (Wildman–Crippen MR) is 105 cm³/mol. The molecule has 146 valence electrons. The van der Waals surface area contributed by atoms with Gasteiger partial charge in [-0.2, -0.15) is 0 Å². The van der Waals surface area contributed by atoms with Crippen molar-refractivity contribution < 1.29 is 19.1 Å². The van der Waals surface area contributed by atoms with Crippen LogP contribution in [0.15, 0.2) is 42.5 Å². The zero-order chi connectivity index (χ0) is 20.1. The maximum absolute atomic E-state index is 12.3. The van der Waals surface area contributed by atoms with Gasteiger partial charge >= 0.3 is 0 Å². The molecule has 1 heterocycles. The number of aromatic nitrogens is 2. The van der Waals surface area contributed by atoms with Crippen LogP contribution in [0, 0.1) is 0 Å². The Morgan fingerprint density at radius 1 is 1.11 bits per heavy atom. The summed E-state index contributed by atoms with van der Waals surface area (Å²) >= 11 is 0. The van der Waals surface area contributed by atoms with E-state index in [0.717, 1.165) is 11.0 Å². The number of nitrogens with one attached hydrogen (secondary N) is 3. The van der Waals surface area contributed by atoms with E-state index in [9.17, 15) is 9.59 Å². The molecule has 2 aromatic carbocycles. The van der Waals surface area contributed by atoms with Crippen molar-refractivity contribution in [3.8, 4) is 11.5 Å². The van der Waals surface area contributed by atoms with Crippen LogP contribution in [-0.4, -0.2) is 42.5 Å². The number of imidazole rings is 1. The number of para-hydroxylation sites is 2. The van der Waals surface area contributed by atoms with Gasteiger partial charge in [0.25, 0.3) is 5.91 Å². The number of fused-ring (bicyclic) bond motifs is 1. The molecule has 0 saturated heterocycles. The molecule has 1 atom stereocenters. The van der Waals surface area contributed by atoms with Crippen LogP contribution in [0.5, 0.6) is 11.5 Å². The van der Waals surface area contributed by atoms with Crippen LogP contribution in [0.4, 0.5) is 0 Å². The van der Waals surface area contributed by atoms with Crippen molar-refractivity contribution in [2.45, 2.75) is 13.0 Å². The summed E-state index contributed by atoms with van der Waals surface area (Å²) in [5, 5.41) is 5.41. The van der Waals surface area contributed by atoms with Crippen LogP contribution < -0.4 is 20.1 Å². The Morgan fingerprint density at radius 2 is 1.86 bits per heavy atom. The zero-order valence-electron chi connectivity index (χ0n) is 15.9. The molecular formula is C20H22N4O4. The van der Waals surface area contributed by atoms with Gasteiger partial charge in [0.05, 0.1) is 37.8 Å². The summed E-state index contributed by atoms with van der Waals surface area (Å²) < 4.78 is 10.3. The number of aromatic amines is 1.